The Morgan fingerprint density at radius 1 is 1.28 bits per heavy atom. The van der Waals surface area contributed by atoms with Gasteiger partial charge in [-0.15, -0.1) is 0 Å². The number of nitrogens with one attached hydrogen (secondary N) is 2. The van der Waals surface area contributed by atoms with Crippen molar-refractivity contribution in [2.24, 2.45) is 17.3 Å². The highest BCUT2D eigenvalue weighted by molar-refractivity contribution is 6.00. The van der Waals surface area contributed by atoms with Gasteiger partial charge in [0.25, 0.3) is 0 Å². The third kappa shape index (κ3) is 3.14. The Bertz CT molecular complexity index is 825. The lowest BCUT2D eigenvalue weighted by Gasteiger charge is -2.07. The van der Waals surface area contributed by atoms with Crippen molar-refractivity contribution in [1.82, 2.24) is 15.2 Å². The van der Waals surface area contributed by atoms with Gasteiger partial charge in [-0.25, -0.2) is 4.98 Å². The van der Waals surface area contributed by atoms with Gasteiger partial charge in [0.1, 0.15) is 5.82 Å². The van der Waals surface area contributed by atoms with Crippen LogP contribution in [0.5, 0.6) is 0 Å². The molecule has 1 aliphatic carbocycles. The zero-order chi connectivity index (χ0) is 18.4. The van der Waals surface area contributed by atoms with E-state index >= 15 is 0 Å². The first-order valence-corrected chi connectivity index (χ1v) is 8.28. The summed E-state index contributed by atoms with van der Waals surface area (Å²) in [7, 11) is 0. The molecule has 1 fully saturated rings. The summed E-state index contributed by atoms with van der Waals surface area (Å²) in [6, 6.07) is 7.23. The minimum Gasteiger partial charge on any atom is -0.481 e. The van der Waals surface area contributed by atoms with Crippen LogP contribution in [0.1, 0.15) is 39.4 Å². The maximum Gasteiger partial charge on any atom is 0.307 e. The molecule has 1 aliphatic rings. The molecule has 7 nitrogen and oxygen atoms in total. The number of benzene rings is 1. The molecule has 0 bridgehead atoms. The van der Waals surface area contributed by atoms with Crippen molar-refractivity contribution in [2.45, 2.75) is 33.6 Å². The number of carbonyl (C=O) groups excluding carboxylic acids is 1. The van der Waals surface area contributed by atoms with Gasteiger partial charge in [-0.1, -0.05) is 39.8 Å². The molecule has 2 aromatic rings. The van der Waals surface area contributed by atoms with Gasteiger partial charge in [-0.3, -0.25) is 14.7 Å². The van der Waals surface area contributed by atoms with E-state index in [1.165, 1.54) is 0 Å². The average molecular weight is 342 g/mol. The van der Waals surface area contributed by atoms with Gasteiger partial charge < -0.3 is 10.4 Å². The number of carboxylic acid groups (broad SMARTS) is 1. The van der Waals surface area contributed by atoms with Crippen molar-refractivity contribution in [1.29, 1.82) is 0 Å². The van der Waals surface area contributed by atoms with E-state index in [0.717, 1.165) is 11.4 Å². The summed E-state index contributed by atoms with van der Waals surface area (Å²) in [5.41, 5.74) is 0.861. The highest BCUT2D eigenvalue weighted by atomic mass is 16.4. The zero-order valence-electron chi connectivity index (χ0n) is 14.7. The summed E-state index contributed by atoms with van der Waals surface area (Å²) in [5.74, 6) is -0.757. The molecule has 132 valence electrons. The van der Waals surface area contributed by atoms with E-state index in [2.05, 4.69) is 20.5 Å². The van der Waals surface area contributed by atoms with E-state index in [0.29, 0.717) is 11.5 Å². The van der Waals surface area contributed by atoms with E-state index < -0.39 is 23.2 Å². The summed E-state index contributed by atoms with van der Waals surface area (Å²) >= 11 is 0. The Morgan fingerprint density at radius 3 is 2.56 bits per heavy atom. The van der Waals surface area contributed by atoms with Crippen LogP contribution in [0.25, 0.3) is 11.4 Å². The van der Waals surface area contributed by atoms with Crippen molar-refractivity contribution < 1.29 is 14.7 Å². The normalized spacial score (nSPS) is 21.2. The molecule has 1 amide bonds. The van der Waals surface area contributed by atoms with E-state index in [9.17, 15) is 14.7 Å². The molecule has 2 unspecified atom stereocenters. The van der Waals surface area contributed by atoms with Crippen molar-refractivity contribution in [3.8, 4) is 11.4 Å². The number of rotatable bonds is 5. The average Bonchev–Trinajstić information content (AvgIpc) is 2.91. The van der Waals surface area contributed by atoms with Crippen LogP contribution in [0.4, 0.5) is 5.69 Å². The molecule has 7 heteroatoms. The fourth-order valence-corrected chi connectivity index (χ4v) is 3.21. The van der Waals surface area contributed by atoms with Crippen molar-refractivity contribution >= 4 is 17.6 Å². The van der Waals surface area contributed by atoms with Crippen LogP contribution in [0.3, 0.4) is 0 Å². The lowest BCUT2D eigenvalue weighted by Crippen LogP contribution is -2.17. The summed E-state index contributed by atoms with van der Waals surface area (Å²) in [4.78, 5) is 28.1. The van der Waals surface area contributed by atoms with Gasteiger partial charge in [0.2, 0.25) is 5.91 Å². The largest absolute Gasteiger partial charge is 0.481 e. The molecular formula is C18H22N4O3. The number of nitrogens with zero attached hydrogens (tertiary/aromatic N) is 2. The molecule has 2 atom stereocenters. The van der Waals surface area contributed by atoms with E-state index in [1.807, 2.05) is 26.0 Å². The molecule has 0 saturated heterocycles. The Kier molecular flexibility index (Phi) is 4.10. The zero-order valence-corrected chi connectivity index (χ0v) is 14.7. The van der Waals surface area contributed by atoms with Crippen molar-refractivity contribution in [3.63, 3.8) is 0 Å². The molecule has 0 radical (unpaired) electrons. The molecule has 0 aliphatic heterocycles. The Morgan fingerprint density at radius 2 is 2.00 bits per heavy atom. The molecule has 1 heterocycles. The number of amides is 1. The summed E-state index contributed by atoms with van der Waals surface area (Å²) < 4.78 is 0. The van der Waals surface area contributed by atoms with E-state index in [4.69, 9.17) is 0 Å². The predicted octanol–water partition coefficient (Wildman–Crippen LogP) is 2.89. The highest BCUT2D eigenvalue weighted by Gasteiger charge is 2.65. The third-order valence-corrected chi connectivity index (χ3v) is 4.81. The second kappa shape index (κ2) is 5.98. The van der Waals surface area contributed by atoms with Crippen molar-refractivity contribution in [3.05, 3.63) is 30.1 Å². The van der Waals surface area contributed by atoms with Gasteiger partial charge in [0.05, 0.1) is 11.8 Å². The minimum atomic E-state index is -0.930. The van der Waals surface area contributed by atoms with E-state index in [1.54, 1.807) is 26.0 Å². The fourth-order valence-electron chi connectivity index (χ4n) is 3.21. The molecule has 3 N–H and O–H groups in total. The Hall–Kier alpha value is -2.70. The van der Waals surface area contributed by atoms with Gasteiger partial charge in [0.15, 0.2) is 5.82 Å². The number of aromatic amines is 1. The number of carboxylic acids is 1. The van der Waals surface area contributed by atoms with Gasteiger partial charge in [0, 0.05) is 17.2 Å². The van der Waals surface area contributed by atoms with Crippen LogP contribution in [0.2, 0.25) is 0 Å². The highest BCUT2D eigenvalue weighted by Crippen LogP contribution is 2.58. The summed E-state index contributed by atoms with van der Waals surface area (Å²) in [5, 5.41) is 19.1. The second-order valence-electron chi connectivity index (χ2n) is 7.38. The summed E-state index contributed by atoms with van der Waals surface area (Å²) in [6.07, 6.45) is 0. The molecule has 0 spiro atoms. The van der Waals surface area contributed by atoms with Gasteiger partial charge in [-0.2, -0.15) is 5.10 Å². The number of anilines is 1. The third-order valence-electron chi connectivity index (χ3n) is 4.81. The van der Waals surface area contributed by atoms with Crippen LogP contribution < -0.4 is 5.32 Å². The number of hydrogen-bond donors (Lipinski definition) is 3. The Balaban J connectivity index is 1.76. The molecule has 3 rings (SSSR count). The lowest BCUT2D eigenvalue weighted by molar-refractivity contribution is -0.140. The second-order valence-corrected chi connectivity index (χ2v) is 7.38. The van der Waals surface area contributed by atoms with E-state index in [-0.39, 0.29) is 11.8 Å². The van der Waals surface area contributed by atoms with Gasteiger partial charge >= 0.3 is 5.97 Å². The number of H-pyrrole nitrogens is 1. The van der Waals surface area contributed by atoms with Gasteiger partial charge in [-0.05, 0) is 17.5 Å². The van der Waals surface area contributed by atoms with Crippen LogP contribution >= 0.6 is 0 Å². The summed E-state index contributed by atoms with van der Waals surface area (Å²) in [6.45, 7) is 7.65. The monoisotopic (exact) mass is 342 g/mol. The number of carbonyl (C=O) groups is 2. The molecule has 1 aromatic heterocycles. The number of hydrogen-bond acceptors (Lipinski definition) is 4. The predicted molar refractivity (Wildman–Crippen MR) is 92.9 cm³/mol. The Labute approximate surface area is 145 Å². The molecule has 25 heavy (non-hydrogen) atoms. The van der Waals surface area contributed by atoms with Crippen molar-refractivity contribution in [2.75, 3.05) is 5.32 Å². The van der Waals surface area contributed by atoms with Crippen LogP contribution in [0.15, 0.2) is 24.3 Å². The van der Waals surface area contributed by atoms with Crippen LogP contribution in [-0.4, -0.2) is 32.2 Å². The molecule has 1 saturated carbocycles. The fraction of sp³-hybridized carbons (Fsp3) is 0.444. The number of aliphatic carboxylic acids is 1. The first-order chi connectivity index (χ1) is 11.7. The topological polar surface area (TPSA) is 108 Å². The quantitative estimate of drug-likeness (QED) is 0.774. The smallest absolute Gasteiger partial charge is 0.307 e. The lowest BCUT2D eigenvalue weighted by atomic mass is 10.1. The maximum absolute atomic E-state index is 12.4. The standard InChI is InChI=1S/C18H22N4O3/c1-9(2)14-20-15(22-21-14)10-6-5-7-11(8-10)19-16(23)12-13(17(24)25)18(12,3)4/h5-9,12-13H,1-4H3,(H,19,23)(H,24,25)(H,20,21,22). The molecule has 1 aromatic carbocycles. The van der Waals surface area contributed by atoms with Crippen LogP contribution in [0, 0.1) is 17.3 Å². The SMILES string of the molecule is CC(C)c1nc(-c2cccc(NC(=O)C3C(C(=O)O)C3(C)C)c2)n[nH]1. The van der Waals surface area contributed by atoms with Crippen LogP contribution in [-0.2, 0) is 9.59 Å². The first kappa shape index (κ1) is 17.1. The first-order valence-electron chi connectivity index (χ1n) is 8.28. The molecular weight excluding hydrogens is 320 g/mol. The maximum atomic E-state index is 12.4. The number of aromatic nitrogens is 3. The minimum absolute atomic E-state index is 0.245.